The van der Waals surface area contributed by atoms with E-state index in [2.05, 4.69) is 132 Å². The summed E-state index contributed by atoms with van der Waals surface area (Å²) in [5.74, 6) is 0.697. The highest BCUT2D eigenvalue weighted by Gasteiger charge is 2.25. The highest BCUT2D eigenvalue weighted by molar-refractivity contribution is 7.29. The van der Waals surface area contributed by atoms with Crippen LogP contribution in [0.25, 0.3) is 90.3 Å². The molecule has 0 amide bonds. The standard InChI is InChI=1S/C38H21N3S2/c1-2-12-22(13-3-1)34-23-14-4-8-18-27(23)39-38(40-34)41-28-19-9-5-15-24(28)33-35(41)37-32(26-17-7-11-21-30(26)43-37)31-25-16-6-10-20-29(25)42-36(31)33/h1-21H. The van der Waals surface area contributed by atoms with Crippen LogP contribution in [-0.4, -0.2) is 14.5 Å². The summed E-state index contributed by atoms with van der Waals surface area (Å²) in [4.78, 5) is 10.6. The average molecular weight is 584 g/mol. The second-order valence-electron chi connectivity index (χ2n) is 10.9. The van der Waals surface area contributed by atoms with Crippen LogP contribution in [0.3, 0.4) is 0 Å². The number of thiophene rings is 2. The lowest BCUT2D eigenvalue weighted by Gasteiger charge is -2.12. The number of hydrogen-bond acceptors (Lipinski definition) is 4. The van der Waals surface area contributed by atoms with E-state index in [0.717, 1.165) is 27.7 Å². The molecular formula is C38H21N3S2. The normalized spacial score (nSPS) is 12.2. The Hall–Kier alpha value is -5.10. The van der Waals surface area contributed by atoms with Crippen LogP contribution in [0.5, 0.6) is 0 Å². The third kappa shape index (κ3) is 3.18. The summed E-state index contributed by atoms with van der Waals surface area (Å²) in [5.41, 5.74) is 5.28. The Kier molecular flexibility index (Phi) is 4.75. The molecule has 0 saturated heterocycles. The second-order valence-corrected chi connectivity index (χ2v) is 13.0. The van der Waals surface area contributed by atoms with Gasteiger partial charge in [0.25, 0.3) is 0 Å². The Morgan fingerprint density at radius 3 is 1.81 bits per heavy atom. The van der Waals surface area contributed by atoms with Crippen molar-refractivity contribution in [1.29, 1.82) is 0 Å². The smallest absolute Gasteiger partial charge is 0.235 e. The minimum Gasteiger partial charge on any atom is -0.276 e. The van der Waals surface area contributed by atoms with Gasteiger partial charge >= 0.3 is 0 Å². The van der Waals surface area contributed by atoms with Crippen molar-refractivity contribution in [2.75, 3.05) is 0 Å². The molecule has 0 fully saturated rings. The number of aromatic nitrogens is 3. The third-order valence-electron chi connectivity index (χ3n) is 8.60. The van der Waals surface area contributed by atoms with Gasteiger partial charge in [-0.2, -0.15) is 0 Å². The van der Waals surface area contributed by atoms with Gasteiger partial charge in [0, 0.05) is 57.4 Å². The highest BCUT2D eigenvalue weighted by atomic mass is 32.1. The van der Waals surface area contributed by atoms with Crippen LogP contribution in [0.2, 0.25) is 0 Å². The van der Waals surface area contributed by atoms with E-state index in [1.54, 1.807) is 0 Å². The summed E-state index contributed by atoms with van der Waals surface area (Å²) in [7, 11) is 0. The maximum Gasteiger partial charge on any atom is 0.235 e. The molecule has 43 heavy (non-hydrogen) atoms. The fourth-order valence-corrected chi connectivity index (χ4v) is 9.32. The maximum atomic E-state index is 5.36. The van der Waals surface area contributed by atoms with Crippen molar-refractivity contribution in [3.05, 3.63) is 127 Å². The van der Waals surface area contributed by atoms with Crippen LogP contribution in [0.15, 0.2) is 127 Å². The number of nitrogens with zero attached hydrogens (tertiary/aromatic N) is 3. The van der Waals surface area contributed by atoms with Crippen molar-refractivity contribution in [3.63, 3.8) is 0 Å². The molecule has 5 heteroatoms. The van der Waals surface area contributed by atoms with Gasteiger partial charge in [-0.25, -0.2) is 9.97 Å². The zero-order valence-corrected chi connectivity index (χ0v) is 24.4. The minimum atomic E-state index is 0.697. The monoisotopic (exact) mass is 583 g/mol. The van der Waals surface area contributed by atoms with Crippen LogP contribution in [0.1, 0.15) is 0 Å². The van der Waals surface area contributed by atoms with Crippen molar-refractivity contribution in [1.82, 2.24) is 14.5 Å². The Bertz CT molecular complexity index is 2730. The van der Waals surface area contributed by atoms with Crippen LogP contribution < -0.4 is 0 Å². The summed E-state index contributed by atoms with van der Waals surface area (Å²) >= 11 is 3.77. The van der Waals surface area contributed by atoms with E-state index in [4.69, 9.17) is 9.97 Å². The molecule has 0 aliphatic carbocycles. The number of benzene rings is 6. The molecule has 0 aliphatic rings. The lowest BCUT2D eigenvalue weighted by Crippen LogP contribution is -2.03. The first-order valence-electron chi connectivity index (χ1n) is 14.4. The summed E-state index contributed by atoms with van der Waals surface area (Å²) < 4.78 is 7.53. The molecule has 3 nitrogen and oxygen atoms in total. The molecule has 4 aromatic heterocycles. The lowest BCUT2D eigenvalue weighted by atomic mass is 10.0. The lowest BCUT2D eigenvalue weighted by molar-refractivity contribution is 1.02. The molecule has 10 aromatic rings. The van der Waals surface area contributed by atoms with Gasteiger partial charge in [-0.3, -0.25) is 4.57 Å². The van der Waals surface area contributed by atoms with E-state index in [1.165, 1.54) is 56.6 Å². The Balaban J connectivity index is 1.48. The predicted octanol–water partition coefficient (Wildman–Crippen LogP) is 11.1. The fourth-order valence-electron chi connectivity index (χ4n) is 6.80. The first kappa shape index (κ1) is 23.5. The topological polar surface area (TPSA) is 30.7 Å². The molecule has 6 aromatic carbocycles. The van der Waals surface area contributed by atoms with Gasteiger partial charge in [-0.05, 0) is 24.3 Å². The van der Waals surface area contributed by atoms with Gasteiger partial charge in [-0.1, -0.05) is 103 Å². The largest absolute Gasteiger partial charge is 0.276 e. The number of hydrogen-bond donors (Lipinski definition) is 0. The van der Waals surface area contributed by atoms with E-state index >= 15 is 0 Å². The van der Waals surface area contributed by atoms with Gasteiger partial charge in [0.2, 0.25) is 5.95 Å². The summed E-state index contributed by atoms with van der Waals surface area (Å²) in [6.07, 6.45) is 0. The average Bonchev–Trinajstić information content (AvgIpc) is 3.74. The summed E-state index contributed by atoms with van der Waals surface area (Å²) in [5, 5.41) is 8.87. The number of fused-ring (bicyclic) bond motifs is 13. The Labute approximate surface area is 253 Å². The zero-order chi connectivity index (χ0) is 28.1. The molecule has 0 N–H and O–H groups in total. The maximum absolute atomic E-state index is 5.36. The highest BCUT2D eigenvalue weighted by Crippen LogP contribution is 2.51. The first-order valence-corrected chi connectivity index (χ1v) is 16.0. The first-order chi connectivity index (χ1) is 21.3. The molecule has 0 spiro atoms. The van der Waals surface area contributed by atoms with Crippen molar-refractivity contribution in [3.8, 4) is 17.2 Å². The number of para-hydroxylation sites is 2. The summed E-state index contributed by atoms with van der Waals surface area (Å²) in [6.45, 7) is 0. The van der Waals surface area contributed by atoms with Gasteiger partial charge in [0.15, 0.2) is 0 Å². The van der Waals surface area contributed by atoms with E-state index in [-0.39, 0.29) is 0 Å². The molecule has 10 rings (SSSR count). The third-order valence-corrected chi connectivity index (χ3v) is 11.0. The van der Waals surface area contributed by atoms with Crippen LogP contribution in [0.4, 0.5) is 0 Å². The van der Waals surface area contributed by atoms with Crippen LogP contribution in [-0.2, 0) is 0 Å². The molecular weight excluding hydrogens is 563 g/mol. The SMILES string of the molecule is c1ccc(-c2nc(-n3c4ccccc4c4c5sc6ccccc6c5c5c6ccccc6sc5c43)nc3ccccc23)cc1. The second kappa shape index (κ2) is 8.71. The minimum absolute atomic E-state index is 0.697. The molecule has 200 valence electrons. The van der Waals surface area contributed by atoms with Gasteiger partial charge in [0.05, 0.1) is 26.9 Å². The molecule has 0 saturated carbocycles. The Morgan fingerprint density at radius 1 is 0.465 bits per heavy atom. The molecule has 0 atom stereocenters. The predicted molar refractivity (Wildman–Crippen MR) is 185 cm³/mol. The van der Waals surface area contributed by atoms with E-state index in [9.17, 15) is 0 Å². The molecule has 0 aliphatic heterocycles. The number of rotatable bonds is 2. The van der Waals surface area contributed by atoms with Crippen molar-refractivity contribution in [2.24, 2.45) is 0 Å². The fraction of sp³-hybridized carbons (Fsp3) is 0. The van der Waals surface area contributed by atoms with Crippen molar-refractivity contribution in [2.45, 2.75) is 0 Å². The van der Waals surface area contributed by atoms with Crippen molar-refractivity contribution < 1.29 is 0 Å². The molecule has 0 bridgehead atoms. The van der Waals surface area contributed by atoms with E-state index in [1.807, 2.05) is 22.7 Å². The molecule has 0 unspecified atom stereocenters. The van der Waals surface area contributed by atoms with Crippen LogP contribution >= 0.6 is 22.7 Å². The van der Waals surface area contributed by atoms with Crippen LogP contribution in [0, 0.1) is 0 Å². The van der Waals surface area contributed by atoms with Gasteiger partial charge in [0.1, 0.15) is 0 Å². The van der Waals surface area contributed by atoms with E-state index < -0.39 is 0 Å². The van der Waals surface area contributed by atoms with Gasteiger partial charge < -0.3 is 0 Å². The quantitative estimate of drug-likeness (QED) is 0.203. The Morgan fingerprint density at radius 2 is 1.05 bits per heavy atom. The summed E-state index contributed by atoms with van der Waals surface area (Å²) in [6, 6.07) is 45.2. The zero-order valence-electron chi connectivity index (χ0n) is 22.8. The van der Waals surface area contributed by atoms with E-state index in [0.29, 0.717) is 5.95 Å². The van der Waals surface area contributed by atoms with Crippen molar-refractivity contribution >= 4 is 95.7 Å². The molecule has 4 heterocycles. The van der Waals surface area contributed by atoms with Gasteiger partial charge in [-0.15, -0.1) is 22.7 Å². The molecule has 0 radical (unpaired) electrons.